The van der Waals surface area contributed by atoms with Gasteiger partial charge >= 0.3 is 0 Å². The summed E-state index contributed by atoms with van der Waals surface area (Å²) in [4.78, 5) is 11.8. The summed E-state index contributed by atoms with van der Waals surface area (Å²) < 4.78 is 31.8. The van der Waals surface area contributed by atoms with Gasteiger partial charge in [-0.05, 0) is 42.3 Å². The highest BCUT2D eigenvalue weighted by Crippen LogP contribution is 2.21. The number of hydrogen-bond donors (Lipinski definition) is 1. The Kier molecular flexibility index (Phi) is 5.98. The summed E-state index contributed by atoms with van der Waals surface area (Å²) in [7, 11) is 1.41. The van der Waals surface area contributed by atoms with Crippen molar-refractivity contribution in [1.29, 1.82) is 0 Å². The van der Waals surface area contributed by atoms with E-state index >= 15 is 0 Å². The van der Waals surface area contributed by atoms with Crippen LogP contribution in [0.5, 0.6) is 5.75 Å². The van der Waals surface area contributed by atoms with Gasteiger partial charge in [-0.3, -0.25) is 4.79 Å². The van der Waals surface area contributed by atoms with E-state index < -0.39 is 5.82 Å². The lowest BCUT2D eigenvalue weighted by molar-refractivity contribution is -0.113. The molecular formula is C17H17F2NO2S. The normalized spacial score (nSPS) is 10.4. The molecule has 2 rings (SSSR count). The lowest BCUT2D eigenvalue weighted by Crippen LogP contribution is -2.14. The molecular weight excluding hydrogens is 320 g/mol. The zero-order valence-corrected chi connectivity index (χ0v) is 13.7. The molecule has 0 aliphatic carbocycles. The Bertz CT molecular complexity index is 707. The number of rotatable bonds is 6. The van der Waals surface area contributed by atoms with Crippen molar-refractivity contribution in [2.45, 2.75) is 12.7 Å². The summed E-state index contributed by atoms with van der Waals surface area (Å²) in [5.41, 5.74) is 1.72. The first kappa shape index (κ1) is 17.3. The summed E-state index contributed by atoms with van der Waals surface area (Å²) in [5, 5.41) is 2.63. The van der Waals surface area contributed by atoms with Crippen LogP contribution >= 0.6 is 11.8 Å². The number of ether oxygens (including phenoxy) is 1. The molecule has 0 atom stereocenters. The van der Waals surface area contributed by atoms with Crippen LogP contribution in [0.25, 0.3) is 0 Å². The third kappa shape index (κ3) is 4.96. The first-order valence-electron chi connectivity index (χ1n) is 6.95. The van der Waals surface area contributed by atoms with E-state index in [1.54, 1.807) is 31.2 Å². The molecule has 0 fully saturated rings. The Morgan fingerprint density at radius 2 is 1.96 bits per heavy atom. The Morgan fingerprint density at radius 3 is 2.61 bits per heavy atom. The van der Waals surface area contributed by atoms with E-state index in [0.29, 0.717) is 17.0 Å². The Hall–Kier alpha value is -2.08. The molecule has 0 aliphatic rings. The van der Waals surface area contributed by atoms with Crippen molar-refractivity contribution in [3.05, 3.63) is 59.2 Å². The van der Waals surface area contributed by atoms with Gasteiger partial charge in [0.1, 0.15) is 5.82 Å². The van der Waals surface area contributed by atoms with Gasteiger partial charge in [-0.2, -0.15) is 0 Å². The molecule has 0 bridgehead atoms. The molecule has 0 aliphatic heterocycles. The minimum Gasteiger partial charge on any atom is -0.494 e. The second kappa shape index (κ2) is 7.97. The van der Waals surface area contributed by atoms with Gasteiger partial charge in [-0.25, -0.2) is 8.78 Å². The second-order valence-corrected chi connectivity index (χ2v) is 5.96. The van der Waals surface area contributed by atoms with Crippen LogP contribution in [0.3, 0.4) is 0 Å². The van der Waals surface area contributed by atoms with Gasteiger partial charge in [0, 0.05) is 11.4 Å². The number of methoxy groups -OCH3 is 1. The van der Waals surface area contributed by atoms with Gasteiger partial charge in [-0.15, -0.1) is 11.8 Å². The smallest absolute Gasteiger partial charge is 0.234 e. The van der Waals surface area contributed by atoms with E-state index in [0.717, 1.165) is 5.56 Å². The van der Waals surface area contributed by atoms with Gasteiger partial charge in [-0.1, -0.05) is 12.1 Å². The topological polar surface area (TPSA) is 38.3 Å². The first-order chi connectivity index (χ1) is 11.0. The molecule has 0 unspecified atom stereocenters. The molecule has 3 nitrogen and oxygen atoms in total. The highest BCUT2D eigenvalue weighted by Gasteiger charge is 2.07. The second-order valence-electron chi connectivity index (χ2n) is 4.97. The maximum atomic E-state index is 13.5. The van der Waals surface area contributed by atoms with E-state index in [9.17, 15) is 13.6 Å². The number of nitrogens with one attached hydrogen (secondary N) is 1. The summed E-state index contributed by atoms with van der Waals surface area (Å²) >= 11 is 1.35. The van der Waals surface area contributed by atoms with Crippen LogP contribution in [0, 0.1) is 18.6 Å². The quantitative estimate of drug-likeness (QED) is 0.860. The third-order valence-corrected chi connectivity index (χ3v) is 4.18. The van der Waals surface area contributed by atoms with Crippen LogP contribution in [0.15, 0.2) is 36.4 Å². The SMILES string of the molecule is COc1ccc(CSCC(=O)Nc2ccc(C)c(F)c2)cc1F. The van der Waals surface area contributed by atoms with Gasteiger partial charge in [0.15, 0.2) is 11.6 Å². The van der Waals surface area contributed by atoms with Gasteiger partial charge in [0.05, 0.1) is 12.9 Å². The number of thioether (sulfide) groups is 1. The number of aryl methyl sites for hydroxylation is 1. The summed E-state index contributed by atoms with van der Waals surface area (Å²) in [6, 6.07) is 9.25. The average Bonchev–Trinajstić information content (AvgIpc) is 2.51. The lowest BCUT2D eigenvalue weighted by atomic mass is 10.2. The monoisotopic (exact) mass is 337 g/mol. The average molecular weight is 337 g/mol. The third-order valence-electron chi connectivity index (χ3n) is 3.17. The molecule has 0 aromatic heterocycles. The molecule has 122 valence electrons. The molecule has 23 heavy (non-hydrogen) atoms. The van der Waals surface area contributed by atoms with Gasteiger partial charge in [0.2, 0.25) is 5.91 Å². The van der Waals surface area contributed by atoms with E-state index in [1.807, 2.05) is 0 Å². The molecule has 0 spiro atoms. The van der Waals surface area contributed by atoms with Crippen LogP contribution in [-0.4, -0.2) is 18.8 Å². The highest BCUT2D eigenvalue weighted by atomic mass is 32.2. The molecule has 1 amide bonds. The number of anilines is 1. The minimum absolute atomic E-state index is 0.192. The Balaban J connectivity index is 1.82. The van der Waals surface area contributed by atoms with Crippen molar-refractivity contribution in [2.24, 2.45) is 0 Å². The first-order valence-corrected chi connectivity index (χ1v) is 8.11. The van der Waals surface area contributed by atoms with Crippen molar-refractivity contribution in [2.75, 3.05) is 18.2 Å². The van der Waals surface area contributed by atoms with Crippen LogP contribution in [-0.2, 0) is 10.5 Å². The molecule has 0 saturated heterocycles. The lowest BCUT2D eigenvalue weighted by Gasteiger charge is -2.07. The molecule has 6 heteroatoms. The Morgan fingerprint density at radius 1 is 1.17 bits per heavy atom. The van der Waals surface area contributed by atoms with Crippen LogP contribution in [0.2, 0.25) is 0 Å². The van der Waals surface area contributed by atoms with E-state index in [4.69, 9.17) is 4.74 Å². The van der Waals surface area contributed by atoms with Crippen molar-refractivity contribution in [3.63, 3.8) is 0 Å². The zero-order valence-electron chi connectivity index (χ0n) is 12.9. The minimum atomic E-state index is -0.426. The maximum Gasteiger partial charge on any atom is 0.234 e. The largest absolute Gasteiger partial charge is 0.494 e. The van der Waals surface area contributed by atoms with Crippen molar-refractivity contribution >= 4 is 23.4 Å². The van der Waals surface area contributed by atoms with E-state index in [-0.39, 0.29) is 23.2 Å². The molecule has 2 aromatic carbocycles. The molecule has 0 saturated carbocycles. The van der Waals surface area contributed by atoms with Crippen LogP contribution < -0.4 is 10.1 Å². The number of amides is 1. The fraction of sp³-hybridized carbons (Fsp3) is 0.235. The summed E-state index contributed by atoms with van der Waals surface area (Å²) in [5.74, 6) is -0.126. The molecule has 2 aromatic rings. The van der Waals surface area contributed by atoms with Crippen molar-refractivity contribution in [1.82, 2.24) is 0 Å². The number of carbonyl (C=O) groups is 1. The molecule has 0 radical (unpaired) electrons. The van der Waals surface area contributed by atoms with Crippen molar-refractivity contribution in [3.8, 4) is 5.75 Å². The number of carbonyl (C=O) groups excluding carboxylic acids is 1. The summed E-state index contributed by atoms with van der Waals surface area (Å²) in [6.07, 6.45) is 0. The van der Waals surface area contributed by atoms with Gasteiger partial charge in [0.25, 0.3) is 0 Å². The number of hydrogen-bond acceptors (Lipinski definition) is 3. The predicted octanol–water partition coefficient (Wildman–Crippen LogP) is 4.15. The van der Waals surface area contributed by atoms with E-state index in [2.05, 4.69) is 5.32 Å². The predicted molar refractivity (Wildman–Crippen MR) is 88.9 cm³/mol. The number of halogens is 2. The van der Waals surface area contributed by atoms with Crippen LogP contribution in [0.1, 0.15) is 11.1 Å². The Labute approximate surface area is 138 Å². The summed E-state index contributed by atoms with van der Waals surface area (Å²) in [6.45, 7) is 1.66. The number of benzene rings is 2. The van der Waals surface area contributed by atoms with Crippen LogP contribution in [0.4, 0.5) is 14.5 Å². The zero-order chi connectivity index (χ0) is 16.8. The maximum absolute atomic E-state index is 13.5. The fourth-order valence-corrected chi connectivity index (χ4v) is 2.70. The van der Waals surface area contributed by atoms with E-state index in [1.165, 1.54) is 31.0 Å². The van der Waals surface area contributed by atoms with Crippen molar-refractivity contribution < 1.29 is 18.3 Å². The molecule has 1 N–H and O–H groups in total. The standard InChI is InChI=1S/C17H17F2NO2S/c1-11-3-5-13(8-14(11)18)20-17(21)10-23-9-12-4-6-16(22-2)15(19)7-12/h3-8H,9-10H2,1-2H3,(H,20,21). The molecule has 0 heterocycles. The highest BCUT2D eigenvalue weighted by molar-refractivity contribution is 7.99. The van der Waals surface area contributed by atoms with Gasteiger partial charge < -0.3 is 10.1 Å². The fourth-order valence-electron chi connectivity index (χ4n) is 1.93.